The summed E-state index contributed by atoms with van der Waals surface area (Å²) < 4.78 is 43.9. The van der Waals surface area contributed by atoms with Crippen molar-refractivity contribution < 1.29 is 48.0 Å². The maximum Gasteiger partial charge on any atom is 0.417 e. The van der Waals surface area contributed by atoms with E-state index in [2.05, 4.69) is 5.32 Å². The largest absolute Gasteiger partial charge is 0.508 e. The number of benzene rings is 1. The molecule has 0 bridgehead atoms. The highest BCUT2D eigenvalue weighted by Crippen LogP contribution is 2.55. The fourth-order valence-corrected chi connectivity index (χ4v) is 7.13. The van der Waals surface area contributed by atoms with Crippen LogP contribution < -0.4 is 11.1 Å². The number of ketones is 2. The molecule has 1 aliphatic heterocycles. The lowest BCUT2D eigenvalue weighted by atomic mass is 9.57. The Morgan fingerprint density at radius 3 is 2.35 bits per heavy atom. The number of aliphatic hydroxyl groups is 3. The Bertz CT molecular complexity index is 1420. The third-order valence-electron chi connectivity index (χ3n) is 8.79. The SMILES string of the molecule is CC1CCC(c2cc(O)c3c(c2C(F)(F)F)C[C@H]2C[C@H]4[C@H](N(C)C)C(=O)C(C(N)=O)=C(O)[C@@]4(O)C(=O)C2=C3O)N1. The van der Waals surface area contributed by atoms with Crippen LogP contribution in [0.5, 0.6) is 5.75 Å². The van der Waals surface area contributed by atoms with Gasteiger partial charge in [0.2, 0.25) is 5.78 Å². The molecule has 1 heterocycles. The number of nitrogens with zero attached hydrogens (tertiary/aromatic N) is 1. The third-order valence-corrected chi connectivity index (χ3v) is 8.79. The highest BCUT2D eigenvalue weighted by Gasteiger charge is 2.64. The van der Waals surface area contributed by atoms with Crippen molar-refractivity contribution in [3.05, 3.63) is 45.2 Å². The van der Waals surface area contributed by atoms with E-state index in [1.807, 2.05) is 6.92 Å². The first-order valence-electron chi connectivity index (χ1n) is 12.9. The number of amides is 1. The minimum atomic E-state index is -4.87. The Kier molecular flexibility index (Phi) is 6.36. The third kappa shape index (κ3) is 3.78. The number of nitrogens with one attached hydrogen (secondary N) is 1. The highest BCUT2D eigenvalue weighted by molar-refractivity contribution is 6.24. The van der Waals surface area contributed by atoms with Crippen molar-refractivity contribution >= 4 is 23.2 Å². The van der Waals surface area contributed by atoms with E-state index in [9.17, 15) is 48.0 Å². The van der Waals surface area contributed by atoms with Crippen molar-refractivity contribution in [2.75, 3.05) is 14.1 Å². The van der Waals surface area contributed by atoms with Gasteiger partial charge in [-0.15, -0.1) is 0 Å². The number of phenols is 1. The number of rotatable bonds is 3. The molecule has 0 radical (unpaired) electrons. The number of carbonyl (C=O) groups excluding carboxylic acids is 3. The molecule has 1 aromatic carbocycles. The number of aromatic hydroxyl groups is 1. The molecule has 1 aromatic rings. The maximum atomic E-state index is 14.6. The number of hydrogen-bond donors (Lipinski definition) is 6. The first kappa shape index (κ1) is 28.1. The summed E-state index contributed by atoms with van der Waals surface area (Å²) in [5, 5.41) is 47.7. The average Bonchev–Trinajstić information content (AvgIpc) is 3.26. The van der Waals surface area contributed by atoms with Crippen LogP contribution >= 0.6 is 0 Å². The monoisotopic (exact) mass is 565 g/mol. The fraction of sp³-hybridized carbons (Fsp3) is 0.519. The fourth-order valence-electron chi connectivity index (χ4n) is 7.13. The van der Waals surface area contributed by atoms with Gasteiger partial charge in [-0.2, -0.15) is 13.2 Å². The Hall–Kier alpha value is -3.42. The average molecular weight is 566 g/mol. The molecule has 6 atom stereocenters. The quantitative estimate of drug-likeness (QED) is 0.299. The summed E-state index contributed by atoms with van der Waals surface area (Å²) in [6.45, 7) is 1.83. The number of aliphatic hydroxyl groups excluding tert-OH is 2. The molecular weight excluding hydrogens is 535 g/mol. The second kappa shape index (κ2) is 9.05. The summed E-state index contributed by atoms with van der Waals surface area (Å²) in [7, 11) is 2.88. The van der Waals surface area contributed by atoms with E-state index in [0.717, 1.165) is 6.07 Å². The predicted octanol–water partition coefficient (Wildman–Crippen LogP) is 1.80. The van der Waals surface area contributed by atoms with Gasteiger partial charge in [0.05, 0.1) is 17.2 Å². The first-order valence-corrected chi connectivity index (χ1v) is 12.9. The summed E-state index contributed by atoms with van der Waals surface area (Å²) in [5.41, 5.74) is -1.22. The number of carbonyl (C=O) groups is 3. The number of primary amides is 1. The highest BCUT2D eigenvalue weighted by atomic mass is 19.4. The molecule has 0 aromatic heterocycles. The van der Waals surface area contributed by atoms with E-state index in [-0.39, 0.29) is 18.0 Å². The molecule has 0 spiro atoms. The van der Waals surface area contributed by atoms with Crippen molar-refractivity contribution in [3.8, 4) is 5.75 Å². The number of halogens is 3. The van der Waals surface area contributed by atoms with Crippen LogP contribution in [0.25, 0.3) is 5.76 Å². The Balaban J connectivity index is 1.75. The van der Waals surface area contributed by atoms with Crippen LogP contribution in [0.15, 0.2) is 23.0 Å². The van der Waals surface area contributed by atoms with Crippen LogP contribution in [0.1, 0.15) is 54.5 Å². The number of Topliss-reactive ketones (excluding diaryl/α,β-unsaturated/α-hetero) is 2. The summed E-state index contributed by atoms with van der Waals surface area (Å²) in [4.78, 5) is 40.4. The van der Waals surface area contributed by atoms with Gasteiger partial charge in [0.15, 0.2) is 11.4 Å². The Morgan fingerprint density at radius 1 is 1.18 bits per heavy atom. The predicted molar refractivity (Wildman–Crippen MR) is 134 cm³/mol. The minimum Gasteiger partial charge on any atom is -0.508 e. The van der Waals surface area contributed by atoms with Crippen LogP contribution in [-0.4, -0.2) is 74.6 Å². The number of hydrogen-bond acceptors (Lipinski definition) is 9. The molecule has 2 fully saturated rings. The van der Waals surface area contributed by atoms with Crippen LogP contribution in [0, 0.1) is 11.8 Å². The molecule has 216 valence electrons. The van der Waals surface area contributed by atoms with E-state index in [0.29, 0.717) is 12.8 Å². The second-order valence-electron chi connectivity index (χ2n) is 11.4. The summed E-state index contributed by atoms with van der Waals surface area (Å²) in [6, 6.07) is -1.14. The molecule has 1 saturated heterocycles. The second-order valence-corrected chi connectivity index (χ2v) is 11.4. The number of nitrogens with two attached hydrogens (primary N) is 1. The molecule has 1 saturated carbocycles. The van der Waals surface area contributed by atoms with Gasteiger partial charge in [0.1, 0.15) is 22.8 Å². The molecule has 7 N–H and O–H groups in total. The van der Waals surface area contributed by atoms with Crippen LogP contribution in [0.2, 0.25) is 0 Å². The van der Waals surface area contributed by atoms with Crippen molar-refractivity contribution in [2.24, 2.45) is 17.6 Å². The molecular formula is C27H30F3N3O7. The Labute approximate surface area is 227 Å². The molecule has 5 rings (SSSR count). The van der Waals surface area contributed by atoms with Gasteiger partial charge in [-0.25, -0.2) is 0 Å². The maximum absolute atomic E-state index is 14.6. The van der Waals surface area contributed by atoms with Gasteiger partial charge >= 0.3 is 6.18 Å². The van der Waals surface area contributed by atoms with Gasteiger partial charge in [-0.1, -0.05) is 0 Å². The van der Waals surface area contributed by atoms with Gasteiger partial charge in [-0.05, 0) is 69.8 Å². The lowest BCUT2D eigenvalue weighted by Gasteiger charge is -2.50. The topological polar surface area (TPSA) is 173 Å². The molecule has 10 nitrogen and oxygen atoms in total. The zero-order valence-electron chi connectivity index (χ0n) is 22.0. The molecule has 40 heavy (non-hydrogen) atoms. The number of fused-ring (bicyclic) bond motifs is 3. The summed E-state index contributed by atoms with van der Waals surface area (Å²) in [5.74, 6) is -8.98. The number of alkyl halides is 3. The standard InChI is InChI=1S/C27H30F3N3O7/c1-9-4-5-14(32-9)11-8-15(34)17-12(19(11)27(28,29)30)6-10-7-13-20(33(2)3)22(36)18(25(31)39)24(38)26(13,40)23(37)16(10)21(17)35/h8-10,13-14,20,32,34-35,38,40H,4-7H2,1-3H3,(H2,31,39)/t9?,10-,13-,14?,20-,26-/m0/s1. The van der Waals surface area contributed by atoms with Crippen molar-refractivity contribution in [2.45, 2.75) is 62.5 Å². The zero-order valence-corrected chi connectivity index (χ0v) is 22.0. The zero-order chi connectivity index (χ0) is 29.6. The minimum absolute atomic E-state index is 0.0457. The smallest absolute Gasteiger partial charge is 0.417 e. The van der Waals surface area contributed by atoms with E-state index < -0.39 is 105 Å². The Morgan fingerprint density at radius 2 is 1.82 bits per heavy atom. The lowest BCUT2D eigenvalue weighted by Crippen LogP contribution is -2.65. The summed E-state index contributed by atoms with van der Waals surface area (Å²) >= 11 is 0. The van der Waals surface area contributed by atoms with Crippen LogP contribution in [0.4, 0.5) is 13.2 Å². The number of likely N-dealkylation sites (N-methyl/N-ethyl adjacent to an activating group) is 1. The van der Waals surface area contributed by atoms with Crippen molar-refractivity contribution in [1.29, 1.82) is 0 Å². The molecule has 13 heteroatoms. The number of phenolic OH excluding ortho intramolecular Hbond substituents is 1. The lowest BCUT2D eigenvalue weighted by molar-refractivity contribution is -0.153. The molecule has 4 aliphatic rings. The van der Waals surface area contributed by atoms with E-state index in [1.54, 1.807) is 0 Å². The van der Waals surface area contributed by atoms with Gasteiger partial charge in [-0.3, -0.25) is 19.3 Å². The van der Waals surface area contributed by atoms with Gasteiger partial charge in [0.25, 0.3) is 5.91 Å². The van der Waals surface area contributed by atoms with E-state index in [1.165, 1.54) is 19.0 Å². The molecule has 1 amide bonds. The van der Waals surface area contributed by atoms with E-state index in [4.69, 9.17) is 5.73 Å². The van der Waals surface area contributed by atoms with Crippen LogP contribution in [-0.2, 0) is 27.0 Å². The molecule has 3 aliphatic carbocycles. The van der Waals surface area contributed by atoms with Gasteiger partial charge < -0.3 is 31.5 Å². The van der Waals surface area contributed by atoms with Gasteiger partial charge in [0, 0.05) is 23.6 Å². The van der Waals surface area contributed by atoms with Crippen LogP contribution in [0.3, 0.4) is 0 Å². The summed E-state index contributed by atoms with van der Waals surface area (Å²) in [6.07, 6.45) is -4.59. The normalized spacial score (nSPS) is 32.4. The van der Waals surface area contributed by atoms with Crippen molar-refractivity contribution in [3.63, 3.8) is 0 Å². The first-order chi connectivity index (χ1) is 18.5. The van der Waals surface area contributed by atoms with E-state index >= 15 is 0 Å². The molecule has 2 unspecified atom stereocenters. The van der Waals surface area contributed by atoms with Crippen molar-refractivity contribution in [1.82, 2.24) is 10.2 Å².